The lowest BCUT2D eigenvalue weighted by atomic mass is 10.1. The van der Waals surface area contributed by atoms with E-state index in [0.717, 1.165) is 34.1 Å². The largest absolute Gasteiger partial charge is 0.497 e. The van der Waals surface area contributed by atoms with Gasteiger partial charge in [-0.25, -0.2) is 4.79 Å². The van der Waals surface area contributed by atoms with Crippen molar-refractivity contribution in [3.63, 3.8) is 0 Å². The Balaban J connectivity index is 1.49. The molecule has 0 saturated carbocycles. The Hall–Kier alpha value is -3.60. The third-order valence-corrected chi connectivity index (χ3v) is 4.70. The molecule has 0 radical (unpaired) electrons. The topological polar surface area (TPSA) is 64.6 Å². The molecule has 0 aliphatic rings. The number of ether oxygens (including phenoxy) is 2. The normalized spacial score (nSPS) is 11.9. The van der Waals surface area contributed by atoms with E-state index < -0.39 is 12.1 Å². The molecule has 154 valence electrons. The lowest BCUT2D eigenvalue weighted by Gasteiger charge is -2.12. The van der Waals surface area contributed by atoms with E-state index in [9.17, 15) is 9.59 Å². The van der Waals surface area contributed by atoms with Crippen LogP contribution in [0.4, 0.5) is 0 Å². The van der Waals surface area contributed by atoms with Crippen molar-refractivity contribution in [2.24, 2.45) is 0 Å². The zero-order valence-electron chi connectivity index (χ0n) is 17.1. The molecule has 0 aliphatic heterocycles. The number of carbonyl (C=O) groups is 2. The van der Waals surface area contributed by atoms with Crippen molar-refractivity contribution in [2.75, 3.05) is 13.7 Å². The zero-order valence-corrected chi connectivity index (χ0v) is 17.1. The first-order chi connectivity index (χ1) is 14.5. The molecule has 3 aromatic rings. The van der Waals surface area contributed by atoms with Crippen LogP contribution < -0.4 is 10.1 Å². The van der Waals surface area contributed by atoms with Gasteiger partial charge in [0, 0.05) is 12.6 Å². The third-order valence-electron chi connectivity index (χ3n) is 4.70. The maximum atomic E-state index is 12.1. The summed E-state index contributed by atoms with van der Waals surface area (Å²) in [6.07, 6.45) is 2.87. The van der Waals surface area contributed by atoms with Crippen molar-refractivity contribution >= 4 is 28.7 Å². The number of esters is 1. The molecule has 1 amide bonds. The smallest absolute Gasteiger partial charge is 0.331 e. The minimum atomic E-state index is -0.859. The van der Waals surface area contributed by atoms with Crippen molar-refractivity contribution in [3.05, 3.63) is 83.9 Å². The standard InChI is InChI=1S/C25H25NO4/c1-18(25(28)26-15-14-19-6-4-3-5-7-19)30-24(27)13-9-20-8-10-22-17-23(29-2)12-11-21(22)16-20/h3-13,16-18H,14-15H2,1-2H3,(H,26,28)/b13-9+/t18-/m0/s1. The molecule has 30 heavy (non-hydrogen) atoms. The van der Waals surface area contributed by atoms with Gasteiger partial charge in [0.2, 0.25) is 0 Å². The van der Waals surface area contributed by atoms with Crippen molar-refractivity contribution < 1.29 is 19.1 Å². The summed E-state index contributed by atoms with van der Waals surface area (Å²) in [5.41, 5.74) is 2.00. The summed E-state index contributed by atoms with van der Waals surface area (Å²) in [6.45, 7) is 2.05. The molecule has 0 heterocycles. The van der Waals surface area contributed by atoms with E-state index in [1.807, 2.05) is 66.7 Å². The lowest BCUT2D eigenvalue weighted by molar-refractivity contribution is -0.150. The zero-order chi connectivity index (χ0) is 21.3. The molecule has 0 spiro atoms. The van der Waals surface area contributed by atoms with Crippen LogP contribution in [0.15, 0.2) is 72.8 Å². The quantitative estimate of drug-likeness (QED) is 0.453. The number of methoxy groups -OCH3 is 1. The molecule has 0 unspecified atom stereocenters. The van der Waals surface area contributed by atoms with Gasteiger partial charge in [0.1, 0.15) is 5.75 Å². The van der Waals surface area contributed by atoms with Crippen LogP contribution in [0, 0.1) is 0 Å². The van der Waals surface area contributed by atoms with Gasteiger partial charge in [-0.3, -0.25) is 4.79 Å². The number of hydrogen-bond acceptors (Lipinski definition) is 4. The van der Waals surface area contributed by atoms with E-state index in [1.54, 1.807) is 20.1 Å². The van der Waals surface area contributed by atoms with Gasteiger partial charge in [-0.15, -0.1) is 0 Å². The second-order valence-corrected chi connectivity index (χ2v) is 6.91. The first kappa shape index (κ1) is 21.1. The number of benzene rings is 3. The molecular weight excluding hydrogens is 378 g/mol. The van der Waals surface area contributed by atoms with E-state index in [0.29, 0.717) is 6.54 Å². The SMILES string of the molecule is COc1ccc2cc(/C=C/C(=O)O[C@@H](C)C(=O)NCCc3ccccc3)ccc2c1. The summed E-state index contributed by atoms with van der Waals surface area (Å²) >= 11 is 0. The second kappa shape index (κ2) is 10.3. The van der Waals surface area contributed by atoms with Crippen LogP contribution in [-0.4, -0.2) is 31.6 Å². The lowest BCUT2D eigenvalue weighted by Crippen LogP contribution is -2.36. The van der Waals surface area contributed by atoms with Gasteiger partial charge < -0.3 is 14.8 Å². The van der Waals surface area contributed by atoms with Gasteiger partial charge in [-0.2, -0.15) is 0 Å². The fourth-order valence-corrected chi connectivity index (χ4v) is 3.02. The van der Waals surface area contributed by atoms with Crippen molar-refractivity contribution in [2.45, 2.75) is 19.4 Å². The fourth-order valence-electron chi connectivity index (χ4n) is 3.02. The molecule has 3 aromatic carbocycles. The molecule has 5 heteroatoms. The molecule has 1 atom stereocenters. The Morgan fingerprint density at radius 1 is 1.00 bits per heavy atom. The molecule has 5 nitrogen and oxygen atoms in total. The van der Waals surface area contributed by atoms with Crippen LogP contribution in [0.5, 0.6) is 5.75 Å². The summed E-state index contributed by atoms with van der Waals surface area (Å²) in [6, 6.07) is 21.5. The molecule has 0 aliphatic carbocycles. The number of carbonyl (C=O) groups excluding carboxylic acids is 2. The van der Waals surface area contributed by atoms with Crippen LogP contribution in [0.3, 0.4) is 0 Å². The number of hydrogen-bond donors (Lipinski definition) is 1. The Bertz CT molecular complexity index is 1040. The second-order valence-electron chi connectivity index (χ2n) is 6.91. The maximum Gasteiger partial charge on any atom is 0.331 e. The Labute approximate surface area is 176 Å². The molecule has 1 N–H and O–H groups in total. The Morgan fingerprint density at radius 2 is 1.73 bits per heavy atom. The Morgan fingerprint density at radius 3 is 2.50 bits per heavy atom. The monoisotopic (exact) mass is 403 g/mol. The van der Waals surface area contributed by atoms with Crippen molar-refractivity contribution in [3.8, 4) is 5.75 Å². The van der Waals surface area contributed by atoms with Gasteiger partial charge in [0.15, 0.2) is 6.10 Å². The van der Waals surface area contributed by atoms with Crippen LogP contribution >= 0.6 is 0 Å². The van der Waals surface area contributed by atoms with Crippen LogP contribution in [0.2, 0.25) is 0 Å². The number of amides is 1. The fraction of sp³-hybridized carbons (Fsp3) is 0.200. The number of fused-ring (bicyclic) bond motifs is 1. The summed E-state index contributed by atoms with van der Waals surface area (Å²) in [4.78, 5) is 24.2. The first-order valence-electron chi connectivity index (χ1n) is 9.83. The Kier molecular flexibility index (Phi) is 7.22. The highest BCUT2D eigenvalue weighted by Crippen LogP contribution is 2.22. The van der Waals surface area contributed by atoms with Gasteiger partial charge >= 0.3 is 5.97 Å². The minimum Gasteiger partial charge on any atom is -0.497 e. The van der Waals surface area contributed by atoms with Gasteiger partial charge in [-0.05, 0) is 59.5 Å². The van der Waals surface area contributed by atoms with E-state index in [4.69, 9.17) is 9.47 Å². The molecule has 0 bridgehead atoms. The highest BCUT2D eigenvalue weighted by Gasteiger charge is 2.15. The van der Waals surface area contributed by atoms with Crippen molar-refractivity contribution in [1.82, 2.24) is 5.32 Å². The highest BCUT2D eigenvalue weighted by molar-refractivity contribution is 5.92. The van der Waals surface area contributed by atoms with Crippen molar-refractivity contribution in [1.29, 1.82) is 0 Å². The molecule has 0 aromatic heterocycles. The summed E-state index contributed by atoms with van der Waals surface area (Å²) in [7, 11) is 1.63. The van der Waals surface area contributed by atoms with E-state index >= 15 is 0 Å². The van der Waals surface area contributed by atoms with Gasteiger partial charge in [0.05, 0.1) is 7.11 Å². The predicted molar refractivity (Wildman–Crippen MR) is 118 cm³/mol. The van der Waals surface area contributed by atoms with Gasteiger partial charge in [0.25, 0.3) is 5.91 Å². The summed E-state index contributed by atoms with van der Waals surface area (Å²) in [5.74, 6) is -0.0757. The average molecular weight is 403 g/mol. The molecular formula is C25H25NO4. The number of nitrogens with one attached hydrogen (secondary N) is 1. The molecule has 0 saturated heterocycles. The highest BCUT2D eigenvalue weighted by atomic mass is 16.5. The first-order valence-corrected chi connectivity index (χ1v) is 9.83. The average Bonchev–Trinajstić information content (AvgIpc) is 2.77. The van der Waals surface area contributed by atoms with Crippen LogP contribution in [-0.2, 0) is 20.7 Å². The van der Waals surface area contributed by atoms with E-state index in [2.05, 4.69) is 5.32 Å². The number of rotatable bonds is 8. The predicted octanol–water partition coefficient (Wildman–Crippen LogP) is 4.15. The minimum absolute atomic E-state index is 0.313. The molecule has 3 rings (SSSR count). The van der Waals surface area contributed by atoms with Crippen LogP contribution in [0.25, 0.3) is 16.8 Å². The molecule has 0 fully saturated rings. The maximum absolute atomic E-state index is 12.1. The third kappa shape index (κ3) is 5.95. The van der Waals surface area contributed by atoms with E-state index in [-0.39, 0.29) is 5.91 Å². The summed E-state index contributed by atoms with van der Waals surface area (Å²) in [5, 5.41) is 4.88. The summed E-state index contributed by atoms with van der Waals surface area (Å²) < 4.78 is 10.4. The van der Waals surface area contributed by atoms with Gasteiger partial charge in [-0.1, -0.05) is 48.5 Å². The van der Waals surface area contributed by atoms with Crippen LogP contribution in [0.1, 0.15) is 18.1 Å². The van der Waals surface area contributed by atoms with E-state index in [1.165, 1.54) is 6.08 Å².